The van der Waals surface area contributed by atoms with E-state index in [4.69, 9.17) is 4.74 Å². The summed E-state index contributed by atoms with van der Waals surface area (Å²) < 4.78 is 6.69. The van der Waals surface area contributed by atoms with Gasteiger partial charge in [0.1, 0.15) is 5.75 Å². The molecule has 2 aromatic carbocycles. The van der Waals surface area contributed by atoms with Crippen LogP contribution in [0.4, 0.5) is 4.79 Å². The molecule has 0 aliphatic carbocycles. The molecule has 5 heteroatoms. The Morgan fingerprint density at radius 1 is 1.04 bits per heavy atom. The zero-order chi connectivity index (χ0) is 17.2. The zero-order valence-corrected chi connectivity index (χ0v) is 15.4. The number of benzene rings is 2. The van der Waals surface area contributed by atoms with Crippen molar-refractivity contribution in [1.82, 2.24) is 10.6 Å². The lowest BCUT2D eigenvalue weighted by Crippen LogP contribution is -2.37. The Labute approximate surface area is 151 Å². The predicted octanol–water partition coefficient (Wildman–Crippen LogP) is 4.07. The average molecular weight is 391 g/mol. The highest BCUT2D eigenvalue weighted by Gasteiger charge is 2.02. The Bertz CT molecular complexity index is 644. The molecule has 128 valence electrons. The molecule has 2 N–H and O–H groups in total. The van der Waals surface area contributed by atoms with E-state index in [0.29, 0.717) is 19.7 Å². The van der Waals surface area contributed by atoms with Gasteiger partial charge in [-0.2, -0.15) is 0 Å². The van der Waals surface area contributed by atoms with Crippen LogP contribution in [0, 0.1) is 6.92 Å². The van der Waals surface area contributed by atoms with Gasteiger partial charge in [-0.15, -0.1) is 0 Å². The highest BCUT2D eigenvalue weighted by atomic mass is 79.9. The van der Waals surface area contributed by atoms with Crippen molar-refractivity contribution in [1.29, 1.82) is 0 Å². The summed E-state index contributed by atoms with van der Waals surface area (Å²) in [4.78, 5) is 11.7. The van der Waals surface area contributed by atoms with Crippen molar-refractivity contribution in [2.45, 2.75) is 19.8 Å². The first kappa shape index (κ1) is 18.3. The van der Waals surface area contributed by atoms with Crippen molar-refractivity contribution >= 4 is 22.0 Å². The Balaban J connectivity index is 1.53. The monoisotopic (exact) mass is 390 g/mol. The van der Waals surface area contributed by atoms with Gasteiger partial charge >= 0.3 is 6.03 Å². The van der Waals surface area contributed by atoms with Crippen LogP contribution >= 0.6 is 15.9 Å². The van der Waals surface area contributed by atoms with Crippen molar-refractivity contribution < 1.29 is 9.53 Å². The Kier molecular flexibility index (Phi) is 7.62. The molecule has 0 saturated carbocycles. The van der Waals surface area contributed by atoms with Gasteiger partial charge in [0, 0.05) is 17.6 Å². The first-order valence-corrected chi connectivity index (χ1v) is 8.89. The molecular weight excluding hydrogens is 368 g/mol. The minimum Gasteiger partial charge on any atom is -0.494 e. The smallest absolute Gasteiger partial charge is 0.314 e. The van der Waals surface area contributed by atoms with E-state index >= 15 is 0 Å². The van der Waals surface area contributed by atoms with Crippen LogP contribution in [0.3, 0.4) is 0 Å². The highest BCUT2D eigenvalue weighted by molar-refractivity contribution is 9.10. The third-order valence-electron chi connectivity index (χ3n) is 3.53. The van der Waals surface area contributed by atoms with Crippen LogP contribution in [0.2, 0.25) is 0 Å². The number of carbonyl (C=O) groups is 1. The molecule has 0 heterocycles. The fourth-order valence-corrected chi connectivity index (χ4v) is 2.66. The Morgan fingerprint density at radius 2 is 1.75 bits per heavy atom. The summed E-state index contributed by atoms with van der Waals surface area (Å²) in [6.45, 7) is 3.82. The molecule has 0 unspecified atom stereocenters. The molecule has 2 amide bonds. The van der Waals surface area contributed by atoms with Crippen molar-refractivity contribution in [3.63, 3.8) is 0 Å². The third-order valence-corrected chi connectivity index (χ3v) is 4.31. The van der Waals surface area contributed by atoms with Gasteiger partial charge in [0.25, 0.3) is 0 Å². The second-order valence-corrected chi connectivity index (χ2v) is 6.39. The number of amides is 2. The largest absolute Gasteiger partial charge is 0.494 e. The van der Waals surface area contributed by atoms with E-state index in [-0.39, 0.29) is 6.03 Å². The fraction of sp³-hybridized carbons (Fsp3) is 0.316. The summed E-state index contributed by atoms with van der Waals surface area (Å²) in [6, 6.07) is 15.8. The molecule has 0 atom stereocenters. The number of urea groups is 1. The minimum atomic E-state index is -0.141. The van der Waals surface area contributed by atoms with E-state index < -0.39 is 0 Å². The summed E-state index contributed by atoms with van der Waals surface area (Å²) in [5.41, 5.74) is 2.40. The molecular formula is C19H23BrN2O2. The van der Waals surface area contributed by atoms with Crippen molar-refractivity contribution in [2.24, 2.45) is 0 Å². The zero-order valence-electron chi connectivity index (χ0n) is 13.8. The van der Waals surface area contributed by atoms with Gasteiger partial charge in [-0.3, -0.25) is 0 Å². The summed E-state index contributed by atoms with van der Waals surface area (Å²) in [5.74, 6) is 0.860. The second-order valence-electron chi connectivity index (χ2n) is 5.54. The number of carbonyl (C=O) groups excluding carboxylic acids is 1. The summed E-state index contributed by atoms with van der Waals surface area (Å²) in [6.07, 6.45) is 1.57. The van der Waals surface area contributed by atoms with Crippen LogP contribution in [0.5, 0.6) is 5.75 Å². The van der Waals surface area contributed by atoms with Crippen molar-refractivity contribution in [2.75, 3.05) is 19.7 Å². The standard InChI is InChI=1S/C19H23BrN2O2/c1-15-7-9-17(10-8-15)24-14-4-12-21-19(23)22-13-11-16-5-2-3-6-18(16)20/h2-3,5-10H,4,11-14H2,1H3,(H2,21,22,23). The van der Waals surface area contributed by atoms with E-state index in [9.17, 15) is 4.79 Å². The number of nitrogens with one attached hydrogen (secondary N) is 2. The Hall–Kier alpha value is -2.01. The predicted molar refractivity (Wildman–Crippen MR) is 101 cm³/mol. The van der Waals surface area contributed by atoms with E-state index in [2.05, 4.69) is 26.6 Å². The maximum absolute atomic E-state index is 11.7. The fourth-order valence-electron chi connectivity index (χ4n) is 2.17. The topological polar surface area (TPSA) is 50.4 Å². The molecule has 0 aliphatic rings. The van der Waals surface area contributed by atoms with E-state index in [0.717, 1.165) is 23.1 Å². The number of hydrogen-bond donors (Lipinski definition) is 2. The summed E-state index contributed by atoms with van der Waals surface area (Å²) in [5, 5.41) is 5.70. The molecule has 2 rings (SSSR count). The first-order valence-electron chi connectivity index (χ1n) is 8.10. The van der Waals surface area contributed by atoms with Crippen LogP contribution in [0.1, 0.15) is 17.5 Å². The maximum atomic E-state index is 11.7. The van der Waals surface area contributed by atoms with Gasteiger partial charge in [0.2, 0.25) is 0 Å². The van der Waals surface area contributed by atoms with Gasteiger partial charge in [-0.25, -0.2) is 4.79 Å². The van der Waals surface area contributed by atoms with E-state index in [1.165, 1.54) is 11.1 Å². The molecule has 0 radical (unpaired) electrons. The van der Waals surface area contributed by atoms with Gasteiger partial charge in [-0.1, -0.05) is 51.8 Å². The van der Waals surface area contributed by atoms with Crippen LogP contribution in [-0.2, 0) is 6.42 Å². The number of halogens is 1. The lowest BCUT2D eigenvalue weighted by Gasteiger charge is -2.09. The van der Waals surface area contributed by atoms with Crippen molar-refractivity contribution in [3.05, 3.63) is 64.1 Å². The molecule has 0 spiro atoms. The average Bonchev–Trinajstić information content (AvgIpc) is 2.58. The quantitative estimate of drug-likeness (QED) is 0.667. The van der Waals surface area contributed by atoms with Crippen LogP contribution in [0.15, 0.2) is 53.0 Å². The van der Waals surface area contributed by atoms with E-state index in [1.807, 2.05) is 55.5 Å². The lowest BCUT2D eigenvalue weighted by molar-refractivity contribution is 0.239. The second kappa shape index (κ2) is 9.98. The molecule has 0 saturated heterocycles. The number of rotatable bonds is 8. The van der Waals surface area contributed by atoms with Crippen molar-refractivity contribution in [3.8, 4) is 5.75 Å². The minimum absolute atomic E-state index is 0.141. The van der Waals surface area contributed by atoms with Crippen LogP contribution < -0.4 is 15.4 Å². The molecule has 0 aromatic heterocycles. The molecule has 0 bridgehead atoms. The third kappa shape index (κ3) is 6.62. The molecule has 2 aromatic rings. The number of ether oxygens (including phenoxy) is 1. The SMILES string of the molecule is Cc1ccc(OCCCNC(=O)NCCc2ccccc2Br)cc1. The normalized spacial score (nSPS) is 10.2. The van der Waals surface area contributed by atoms with Crippen LogP contribution in [-0.4, -0.2) is 25.7 Å². The lowest BCUT2D eigenvalue weighted by atomic mass is 10.1. The molecule has 0 aliphatic heterocycles. The van der Waals surface area contributed by atoms with Gasteiger partial charge < -0.3 is 15.4 Å². The number of aryl methyl sites for hydroxylation is 1. The van der Waals surface area contributed by atoms with E-state index in [1.54, 1.807) is 0 Å². The molecule has 4 nitrogen and oxygen atoms in total. The molecule has 24 heavy (non-hydrogen) atoms. The first-order chi connectivity index (χ1) is 11.6. The summed E-state index contributed by atoms with van der Waals surface area (Å²) in [7, 11) is 0. The van der Waals surface area contributed by atoms with Crippen LogP contribution in [0.25, 0.3) is 0 Å². The highest BCUT2D eigenvalue weighted by Crippen LogP contribution is 2.15. The maximum Gasteiger partial charge on any atom is 0.314 e. The van der Waals surface area contributed by atoms with Gasteiger partial charge in [-0.05, 0) is 43.5 Å². The molecule has 0 fully saturated rings. The van der Waals surface area contributed by atoms with Gasteiger partial charge in [0.05, 0.1) is 6.61 Å². The summed E-state index contributed by atoms with van der Waals surface area (Å²) >= 11 is 3.50. The van der Waals surface area contributed by atoms with Gasteiger partial charge in [0.15, 0.2) is 0 Å². The number of hydrogen-bond acceptors (Lipinski definition) is 2. The Morgan fingerprint density at radius 3 is 2.50 bits per heavy atom.